The first kappa shape index (κ1) is 62.7. The van der Waals surface area contributed by atoms with E-state index in [1.807, 2.05) is 218 Å². The number of rotatable bonds is 6. The van der Waals surface area contributed by atoms with Crippen molar-refractivity contribution >= 4 is 69.2 Å². The molecule has 4 N–H and O–H groups in total. The number of amides is 8. The average molecular weight is 1140 g/mol. The van der Waals surface area contributed by atoms with E-state index >= 15 is 0 Å². The number of hydrogen-bond donors (Lipinski definition) is 4. The average Bonchev–Trinajstić information content (AvgIpc) is 3.74. The first-order valence-electron chi connectivity index (χ1n) is 29.0. The molecule has 0 atom stereocenters. The topological polar surface area (TPSA) is 183 Å². The van der Waals surface area contributed by atoms with Gasteiger partial charge in [-0.15, -0.1) is 0 Å². The van der Waals surface area contributed by atoms with E-state index in [4.69, 9.17) is 0 Å². The van der Waals surface area contributed by atoms with Gasteiger partial charge in [0.25, 0.3) is 5.56 Å². The van der Waals surface area contributed by atoms with Crippen molar-refractivity contribution in [2.24, 2.45) is 0 Å². The van der Waals surface area contributed by atoms with Crippen LogP contribution in [0.15, 0.2) is 144 Å². The van der Waals surface area contributed by atoms with Crippen molar-refractivity contribution in [2.45, 2.75) is 152 Å². The quantitative estimate of drug-likeness (QED) is 0.128. The molecular weight excluding hydrogens is 1060 g/mol. The summed E-state index contributed by atoms with van der Waals surface area (Å²) in [5, 5.41) is 9.48. The summed E-state index contributed by atoms with van der Waals surface area (Å²) in [5.74, 6) is 0.271. The first-order valence-corrected chi connectivity index (χ1v) is 29.0. The van der Waals surface area contributed by atoms with Crippen LogP contribution in [0.2, 0.25) is 0 Å². The third-order valence-corrected chi connectivity index (χ3v) is 14.8. The van der Waals surface area contributed by atoms with E-state index < -0.39 is 0 Å². The molecule has 0 unspecified atom stereocenters. The second-order valence-corrected chi connectivity index (χ2v) is 22.8. The minimum atomic E-state index is -0.371. The summed E-state index contributed by atoms with van der Waals surface area (Å²) in [5.41, 5.74) is 11.3. The number of pyridine rings is 2. The molecule has 0 saturated heterocycles. The molecular formula is C67H81FN10O6. The predicted molar refractivity (Wildman–Crippen MR) is 335 cm³/mol. The van der Waals surface area contributed by atoms with E-state index in [1.54, 1.807) is 17.2 Å². The van der Waals surface area contributed by atoms with Crippen LogP contribution in [-0.4, -0.2) is 91.3 Å². The third-order valence-electron chi connectivity index (χ3n) is 14.8. The summed E-state index contributed by atoms with van der Waals surface area (Å²) < 4.78 is 13.3. The van der Waals surface area contributed by atoms with Crippen LogP contribution in [-0.2, 0) is 41.9 Å². The number of hydrogen-bond acceptors (Lipinski definition) is 7. The number of para-hydroxylation sites is 5. The van der Waals surface area contributed by atoms with E-state index in [0.29, 0.717) is 31.6 Å². The minimum Gasteiger partial charge on any atom is -0.322 e. The Balaban J connectivity index is 0.000000145. The standard InChI is InChI=1S/C12H16N2O.C12H13NO.C11H13FN2O.C11H14N2O.C11H13NO.C10H12N2O/c1-9(2)14-8-7-10-5-3-4-6-11(10)13-12(14)15;1-8(2)10-7-9-5-3-4-6-11(9)13-12(10)14;1-7(2)14-6-8-4-3-5-9(12)10(8)13-11(14)15;1-8(2)13-7-9-5-3-4-6-10(9)12-11(13)14;1-8(2)12-10-6-4-3-5-9(10)7-11(12)13;1-7(2)12-9-4-3-5-11-8(9)6-10(12)13/h3-6,9H,7-8H2,1-2H3,(H,13,15);3-8H,1-2H3,(H,13,14);3-5,7H,6H2,1-2H3,(H,13,15);3-6,8H,7H2,1-2H3,(H,12,14);3-6,8H,7H2,1-2H3;3-5,7H,6H2,1-2H3. The Bertz CT molecular complexity index is 3450. The number of H-pyrrole nitrogens is 1. The number of urea groups is 3. The first-order chi connectivity index (χ1) is 40.0. The maximum atomic E-state index is 13.3. The molecule has 0 saturated carbocycles. The third kappa shape index (κ3) is 15.4. The second-order valence-electron chi connectivity index (χ2n) is 22.8. The fourth-order valence-electron chi connectivity index (χ4n) is 10.4. The number of aromatic nitrogens is 2. The number of nitrogens with zero attached hydrogens (tertiary/aromatic N) is 6. The van der Waals surface area contributed by atoms with E-state index in [2.05, 4.69) is 32.0 Å². The monoisotopic (exact) mass is 1140 g/mol. The van der Waals surface area contributed by atoms with Crippen molar-refractivity contribution in [3.05, 3.63) is 189 Å². The number of carbonyl (C=O) groups is 5. The number of carbonyl (C=O) groups excluding carboxylic acids is 5. The summed E-state index contributed by atoms with van der Waals surface area (Å²) in [6.45, 7) is 26.1. The lowest BCUT2D eigenvalue weighted by molar-refractivity contribution is -0.118. The maximum absolute atomic E-state index is 13.3. The van der Waals surface area contributed by atoms with Gasteiger partial charge < -0.3 is 45.4 Å². The van der Waals surface area contributed by atoms with Crippen LogP contribution >= 0.6 is 0 Å². The van der Waals surface area contributed by atoms with Crippen LogP contribution in [0.5, 0.6) is 0 Å². The lowest BCUT2D eigenvalue weighted by atomic mass is 10.0. The molecule has 7 heterocycles. The molecule has 5 aliphatic rings. The Hall–Kier alpha value is -8.86. The highest BCUT2D eigenvalue weighted by molar-refractivity contribution is 6.02. The highest BCUT2D eigenvalue weighted by Crippen LogP contribution is 2.32. The highest BCUT2D eigenvalue weighted by atomic mass is 19.1. The lowest BCUT2D eigenvalue weighted by Gasteiger charge is -2.32. The number of anilines is 5. The zero-order valence-electron chi connectivity index (χ0n) is 50.5. The molecule has 2 aromatic heterocycles. The normalized spacial score (nSPS) is 14.7. The minimum absolute atomic E-state index is 0.00120. The molecule has 12 rings (SSSR count). The fraction of sp³-hybridized carbons (Fsp3) is 0.358. The van der Waals surface area contributed by atoms with Crippen LogP contribution in [0, 0.1) is 5.82 Å². The van der Waals surface area contributed by atoms with E-state index in [1.165, 1.54) is 17.2 Å². The number of halogens is 1. The number of nitrogens with one attached hydrogen (secondary N) is 4. The molecule has 5 aromatic carbocycles. The van der Waals surface area contributed by atoms with Crippen LogP contribution in [0.4, 0.5) is 47.2 Å². The molecule has 5 aliphatic heterocycles. The van der Waals surface area contributed by atoms with E-state index in [9.17, 15) is 33.2 Å². The smallest absolute Gasteiger partial charge is 0.322 e. The van der Waals surface area contributed by atoms with Crippen molar-refractivity contribution in [3.63, 3.8) is 0 Å². The second kappa shape index (κ2) is 28.4. The summed E-state index contributed by atoms with van der Waals surface area (Å²) in [6.07, 6.45) is 3.67. The lowest BCUT2D eigenvalue weighted by Crippen LogP contribution is -2.43. The van der Waals surface area contributed by atoms with Crippen molar-refractivity contribution in [1.29, 1.82) is 0 Å². The van der Waals surface area contributed by atoms with E-state index in [-0.39, 0.29) is 77.4 Å². The fourth-order valence-corrected chi connectivity index (χ4v) is 10.4. The molecule has 7 aromatic rings. The Kier molecular flexibility index (Phi) is 21.2. The molecule has 0 fully saturated rings. The molecule has 442 valence electrons. The summed E-state index contributed by atoms with van der Waals surface area (Å²) in [6, 6.07) is 43.2. The van der Waals surface area contributed by atoms with Gasteiger partial charge in [-0.05, 0) is 158 Å². The molecule has 17 heteroatoms. The largest absolute Gasteiger partial charge is 0.322 e. The summed E-state index contributed by atoms with van der Waals surface area (Å²) in [7, 11) is 0. The Morgan fingerprint density at radius 3 is 1.61 bits per heavy atom. The Morgan fingerprint density at radius 1 is 0.476 bits per heavy atom. The Labute approximate surface area is 493 Å². The Morgan fingerprint density at radius 2 is 0.976 bits per heavy atom. The van der Waals surface area contributed by atoms with Gasteiger partial charge >= 0.3 is 18.1 Å². The molecule has 0 spiro atoms. The zero-order valence-corrected chi connectivity index (χ0v) is 50.5. The SMILES string of the molecule is CC(C)N1C(=O)Cc2ccccc21.CC(C)N1C(=O)Cc2ncccc21.CC(C)N1CCc2ccccc2NC1=O.CC(C)N1Cc2cccc(F)c2NC1=O.CC(C)N1Cc2ccccc2NC1=O.CC(C)c1cc2ccccc2[nH]c1=O. The molecule has 0 bridgehead atoms. The highest BCUT2D eigenvalue weighted by Gasteiger charge is 2.31. The predicted octanol–water partition coefficient (Wildman–Crippen LogP) is 13.5. The van der Waals surface area contributed by atoms with Gasteiger partial charge in [-0.3, -0.25) is 19.4 Å². The van der Waals surface area contributed by atoms with Crippen molar-refractivity contribution < 1.29 is 28.4 Å². The molecule has 0 radical (unpaired) electrons. The van der Waals surface area contributed by atoms with Gasteiger partial charge in [0, 0.05) is 84.2 Å². The van der Waals surface area contributed by atoms with Gasteiger partial charge in [-0.25, -0.2) is 18.8 Å². The molecule has 16 nitrogen and oxygen atoms in total. The van der Waals surface area contributed by atoms with Crippen LogP contribution in [0.25, 0.3) is 10.9 Å². The van der Waals surface area contributed by atoms with Gasteiger partial charge in [0.15, 0.2) is 0 Å². The number of benzene rings is 5. The number of aromatic amines is 1. The van der Waals surface area contributed by atoms with E-state index in [0.717, 1.165) is 69.0 Å². The van der Waals surface area contributed by atoms with Gasteiger partial charge in [0.05, 0.1) is 29.9 Å². The summed E-state index contributed by atoms with van der Waals surface area (Å²) in [4.78, 5) is 85.9. The van der Waals surface area contributed by atoms with Gasteiger partial charge in [0.2, 0.25) is 11.8 Å². The molecule has 8 amide bonds. The number of fused-ring (bicyclic) bond motifs is 6. The zero-order chi connectivity index (χ0) is 60.9. The molecule has 84 heavy (non-hydrogen) atoms. The van der Waals surface area contributed by atoms with Crippen molar-refractivity contribution in [1.82, 2.24) is 24.7 Å². The van der Waals surface area contributed by atoms with Crippen molar-refractivity contribution in [2.75, 3.05) is 32.3 Å². The van der Waals surface area contributed by atoms with Crippen LogP contribution in [0.3, 0.4) is 0 Å². The van der Waals surface area contributed by atoms with Gasteiger partial charge in [-0.1, -0.05) is 98.8 Å². The van der Waals surface area contributed by atoms with Crippen LogP contribution in [0.1, 0.15) is 123 Å². The van der Waals surface area contributed by atoms with Gasteiger partial charge in [-0.2, -0.15) is 0 Å². The van der Waals surface area contributed by atoms with Crippen molar-refractivity contribution in [3.8, 4) is 0 Å². The maximum Gasteiger partial charge on any atom is 0.322 e. The van der Waals surface area contributed by atoms with Gasteiger partial charge in [0.1, 0.15) is 5.82 Å². The summed E-state index contributed by atoms with van der Waals surface area (Å²) >= 11 is 0. The molecule has 0 aliphatic carbocycles. The van der Waals surface area contributed by atoms with Crippen LogP contribution < -0.4 is 31.3 Å².